The minimum absolute atomic E-state index is 0.0359. The third-order valence-electron chi connectivity index (χ3n) is 3.41. The lowest BCUT2D eigenvalue weighted by atomic mass is 9.90. The topological polar surface area (TPSA) is 64.9 Å². The molecule has 0 aliphatic carbocycles. The molecule has 0 saturated carbocycles. The molecule has 0 unspecified atom stereocenters. The number of benzene rings is 1. The molecule has 1 aromatic rings. The number of carbonyl (C=O) groups is 1. The van der Waals surface area contributed by atoms with Crippen LogP contribution in [-0.2, 0) is 4.79 Å². The van der Waals surface area contributed by atoms with Gasteiger partial charge in [-0.05, 0) is 43.5 Å². The first-order valence-corrected chi connectivity index (χ1v) is 6.88. The van der Waals surface area contributed by atoms with E-state index in [4.69, 9.17) is 16.9 Å². The Bertz CT molecular complexity index is 536. The summed E-state index contributed by atoms with van der Waals surface area (Å²) in [6.07, 6.45) is 0. The Balaban J connectivity index is 2.62. The van der Waals surface area contributed by atoms with E-state index >= 15 is 0 Å². The first-order chi connectivity index (χ1) is 9.28. The van der Waals surface area contributed by atoms with Gasteiger partial charge in [0.1, 0.15) is 5.54 Å². The van der Waals surface area contributed by atoms with Crippen molar-refractivity contribution in [2.45, 2.75) is 33.2 Å². The number of hydrogen-bond donors (Lipinski definition) is 2. The molecule has 1 atom stereocenters. The van der Waals surface area contributed by atoms with Gasteiger partial charge in [-0.15, -0.1) is 0 Å². The van der Waals surface area contributed by atoms with Crippen molar-refractivity contribution < 1.29 is 4.79 Å². The van der Waals surface area contributed by atoms with Crippen LogP contribution in [0.3, 0.4) is 0 Å². The van der Waals surface area contributed by atoms with Gasteiger partial charge in [0.25, 0.3) is 0 Å². The molecule has 2 N–H and O–H groups in total. The third kappa shape index (κ3) is 4.14. The molecule has 5 heteroatoms. The van der Waals surface area contributed by atoms with Crippen molar-refractivity contribution in [3.05, 3.63) is 28.8 Å². The second-order valence-electron chi connectivity index (χ2n) is 5.33. The van der Waals surface area contributed by atoms with Gasteiger partial charge in [-0.1, -0.05) is 25.4 Å². The van der Waals surface area contributed by atoms with Crippen LogP contribution in [0.5, 0.6) is 0 Å². The largest absolute Gasteiger partial charge is 0.376 e. The van der Waals surface area contributed by atoms with E-state index in [2.05, 4.69) is 16.7 Å². The molecule has 0 spiro atoms. The van der Waals surface area contributed by atoms with E-state index in [9.17, 15) is 4.79 Å². The van der Waals surface area contributed by atoms with Crippen LogP contribution >= 0.6 is 11.6 Å². The second kappa shape index (κ2) is 6.62. The zero-order chi connectivity index (χ0) is 15.3. The summed E-state index contributed by atoms with van der Waals surface area (Å²) in [5.41, 5.74) is 0.971. The average Bonchev–Trinajstić information content (AvgIpc) is 2.37. The normalized spacial score (nSPS) is 13.4. The highest BCUT2D eigenvalue weighted by atomic mass is 35.5. The molecule has 0 aliphatic rings. The maximum atomic E-state index is 11.9. The first-order valence-electron chi connectivity index (χ1n) is 6.51. The maximum absolute atomic E-state index is 11.9. The van der Waals surface area contributed by atoms with Gasteiger partial charge in [0.2, 0.25) is 5.91 Å². The summed E-state index contributed by atoms with van der Waals surface area (Å²) < 4.78 is 0. The van der Waals surface area contributed by atoms with Crippen molar-refractivity contribution >= 4 is 23.2 Å². The molecular formula is C15H20ClN3O. The van der Waals surface area contributed by atoms with Crippen LogP contribution in [0.25, 0.3) is 0 Å². The number of halogens is 1. The fourth-order valence-corrected chi connectivity index (χ4v) is 1.86. The molecule has 0 fully saturated rings. The zero-order valence-electron chi connectivity index (χ0n) is 12.2. The Hall–Kier alpha value is -1.73. The Labute approximate surface area is 125 Å². The molecule has 0 heterocycles. The monoisotopic (exact) mass is 293 g/mol. The molecular weight excluding hydrogens is 274 g/mol. The van der Waals surface area contributed by atoms with Crippen LogP contribution < -0.4 is 10.6 Å². The smallest absolute Gasteiger partial charge is 0.240 e. The highest BCUT2D eigenvalue weighted by molar-refractivity contribution is 6.30. The van der Waals surface area contributed by atoms with Crippen LogP contribution in [-0.4, -0.2) is 18.0 Å². The lowest BCUT2D eigenvalue weighted by Gasteiger charge is -2.27. The molecule has 0 bridgehead atoms. The van der Waals surface area contributed by atoms with Gasteiger partial charge in [-0.3, -0.25) is 4.79 Å². The van der Waals surface area contributed by atoms with Crippen molar-refractivity contribution in [3.8, 4) is 6.07 Å². The number of rotatable bonds is 5. The van der Waals surface area contributed by atoms with E-state index in [0.29, 0.717) is 5.02 Å². The standard InChI is InChI=1S/C15H20ClN3O/c1-10(2)15(4,9-17)19-14(20)8-18-13-6-5-12(16)7-11(13)3/h5-7,10,18H,8H2,1-4H3,(H,19,20)/t15-/m1/s1. The van der Waals surface area contributed by atoms with E-state index < -0.39 is 5.54 Å². The van der Waals surface area contributed by atoms with E-state index in [1.54, 1.807) is 13.0 Å². The second-order valence-corrected chi connectivity index (χ2v) is 5.77. The van der Waals surface area contributed by atoms with Gasteiger partial charge >= 0.3 is 0 Å². The highest BCUT2D eigenvalue weighted by Crippen LogP contribution is 2.19. The number of anilines is 1. The van der Waals surface area contributed by atoms with Gasteiger partial charge in [-0.2, -0.15) is 5.26 Å². The van der Waals surface area contributed by atoms with E-state index in [1.807, 2.05) is 32.9 Å². The number of hydrogen-bond acceptors (Lipinski definition) is 3. The molecule has 4 nitrogen and oxygen atoms in total. The minimum atomic E-state index is -0.853. The predicted octanol–water partition coefficient (Wildman–Crippen LogP) is 3.11. The lowest BCUT2D eigenvalue weighted by molar-refractivity contribution is -0.121. The minimum Gasteiger partial charge on any atom is -0.376 e. The van der Waals surface area contributed by atoms with Gasteiger partial charge in [-0.25, -0.2) is 0 Å². The van der Waals surface area contributed by atoms with Crippen LogP contribution in [0.1, 0.15) is 26.3 Å². The first kappa shape index (κ1) is 16.3. The van der Waals surface area contributed by atoms with Crippen molar-refractivity contribution in [2.75, 3.05) is 11.9 Å². The maximum Gasteiger partial charge on any atom is 0.240 e. The summed E-state index contributed by atoms with van der Waals surface area (Å²) >= 11 is 5.88. The van der Waals surface area contributed by atoms with Gasteiger partial charge in [0.05, 0.1) is 12.6 Å². The van der Waals surface area contributed by atoms with Crippen molar-refractivity contribution in [2.24, 2.45) is 5.92 Å². The van der Waals surface area contributed by atoms with E-state index in [1.165, 1.54) is 0 Å². The fourth-order valence-electron chi connectivity index (χ4n) is 1.64. The number of nitriles is 1. The van der Waals surface area contributed by atoms with Crippen LogP contribution in [0.2, 0.25) is 5.02 Å². The van der Waals surface area contributed by atoms with Gasteiger partial charge < -0.3 is 10.6 Å². The summed E-state index contributed by atoms with van der Waals surface area (Å²) in [5.74, 6) is -0.175. The molecule has 1 rings (SSSR count). The Morgan fingerprint density at radius 1 is 1.50 bits per heavy atom. The Morgan fingerprint density at radius 3 is 2.65 bits per heavy atom. The molecule has 1 aromatic carbocycles. The highest BCUT2D eigenvalue weighted by Gasteiger charge is 2.29. The lowest BCUT2D eigenvalue weighted by Crippen LogP contribution is -2.50. The summed E-state index contributed by atoms with van der Waals surface area (Å²) in [6.45, 7) is 7.57. The number of carbonyl (C=O) groups excluding carboxylic acids is 1. The van der Waals surface area contributed by atoms with E-state index in [0.717, 1.165) is 11.3 Å². The SMILES string of the molecule is Cc1cc(Cl)ccc1NCC(=O)N[C@](C)(C#N)C(C)C. The Kier molecular flexibility index (Phi) is 5.41. The summed E-state index contributed by atoms with van der Waals surface area (Å²) in [7, 11) is 0. The quantitative estimate of drug-likeness (QED) is 0.876. The summed E-state index contributed by atoms with van der Waals surface area (Å²) in [5, 5.41) is 15.6. The molecule has 1 amide bonds. The third-order valence-corrected chi connectivity index (χ3v) is 3.65. The van der Waals surface area contributed by atoms with Crippen LogP contribution in [0, 0.1) is 24.2 Å². The molecule has 0 saturated heterocycles. The average molecular weight is 294 g/mol. The number of aryl methyl sites for hydroxylation is 1. The fraction of sp³-hybridized carbons (Fsp3) is 0.467. The predicted molar refractivity (Wildman–Crippen MR) is 81.7 cm³/mol. The van der Waals surface area contributed by atoms with Crippen molar-refractivity contribution in [1.82, 2.24) is 5.32 Å². The Morgan fingerprint density at radius 2 is 2.15 bits per heavy atom. The van der Waals surface area contributed by atoms with Crippen LogP contribution in [0.15, 0.2) is 18.2 Å². The summed E-state index contributed by atoms with van der Waals surface area (Å²) in [4.78, 5) is 11.9. The van der Waals surface area contributed by atoms with Gasteiger partial charge in [0.15, 0.2) is 0 Å². The molecule has 20 heavy (non-hydrogen) atoms. The number of nitrogens with one attached hydrogen (secondary N) is 2. The van der Waals surface area contributed by atoms with Gasteiger partial charge in [0, 0.05) is 10.7 Å². The number of nitrogens with zero attached hydrogens (tertiary/aromatic N) is 1. The number of amides is 1. The zero-order valence-corrected chi connectivity index (χ0v) is 13.0. The van der Waals surface area contributed by atoms with Crippen molar-refractivity contribution in [1.29, 1.82) is 5.26 Å². The van der Waals surface area contributed by atoms with E-state index in [-0.39, 0.29) is 18.4 Å². The van der Waals surface area contributed by atoms with Crippen LogP contribution in [0.4, 0.5) is 5.69 Å². The summed E-state index contributed by atoms with van der Waals surface area (Å²) in [6, 6.07) is 7.57. The molecule has 0 radical (unpaired) electrons. The molecule has 0 aliphatic heterocycles. The molecule has 108 valence electrons. The molecule has 0 aromatic heterocycles. The van der Waals surface area contributed by atoms with Crippen molar-refractivity contribution in [3.63, 3.8) is 0 Å².